The van der Waals surface area contributed by atoms with Gasteiger partial charge in [0, 0.05) is 17.7 Å². The molecule has 1 aliphatic rings. The van der Waals surface area contributed by atoms with Crippen LogP contribution < -0.4 is 10.6 Å². The van der Waals surface area contributed by atoms with Gasteiger partial charge < -0.3 is 10.6 Å². The summed E-state index contributed by atoms with van der Waals surface area (Å²) in [6.45, 7) is -0.639. The van der Waals surface area contributed by atoms with Crippen LogP contribution in [0.25, 0.3) is 0 Å². The first kappa shape index (κ1) is 19.6. The van der Waals surface area contributed by atoms with E-state index in [4.69, 9.17) is 0 Å². The number of hydrogen-bond donors (Lipinski definition) is 2. The first-order valence-electron chi connectivity index (χ1n) is 7.79. The third-order valence-corrected chi connectivity index (χ3v) is 4.07. The van der Waals surface area contributed by atoms with Crippen molar-refractivity contribution in [3.05, 3.63) is 29.3 Å². The van der Waals surface area contributed by atoms with Crippen LogP contribution in [0.1, 0.15) is 30.4 Å². The third-order valence-electron chi connectivity index (χ3n) is 4.07. The number of carbonyl (C=O) groups is 1. The molecule has 0 radical (unpaired) electrons. The average Bonchev–Trinajstić information content (AvgIpc) is 2.54. The van der Waals surface area contributed by atoms with Crippen LogP contribution in [0.15, 0.2) is 18.2 Å². The Bertz CT molecular complexity index is 611. The highest BCUT2D eigenvalue weighted by atomic mass is 19.4. The normalized spacial score (nSPS) is 16.7. The summed E-state index contributed by atoms with van der Waals surface area (Å²) in [6.07, 6.45) is -3.30. The van der Waals surface area contributed by atoms with Gasteiger partial charge in [-0.2, -0.15) is 22.0 Å². The van der Waals surface area contributed by atoms with Gasteiger partial charge in [0.05, 0.1) is 5.56 Å². The number of carbonyl (C=O) groups excluding carboxylic acids is 1. The zero-order valence-electron chi connectivity index (χ0n) is 13.2. The highest BCUT2D eigenvalue weighted by molar-refractivity contribution is 5.91. The number of piperidine rings is 1. The molecule has 2 rings (SSSR count). The molecule has 25 heavy (non-hydrogen) atoms. The second-order valence-electron chi connectivity index (χ2n) is 6.08. The molecule has 1 saturated heterocycles. The Labute approximate surface area is 140 Å². The summed E-state index contributed by atoms with van der Waals surface area (Å²) < 4.78 is 78.1. The smallest absolute Gasteiger partial charge is 0.326 e. The predicted molar refractivity (Wildman–Crippen MR) is 80.2 cm³/mol. The molecule has 1 aromatic carbocycles. The topological polar surface area (TPSA) is 41.1 Å². The van der Waals surface area contributed by atoms with E-state index >= 15 is 0 Å². The number of nitrogens with one attached hydrogen (secondary N) is 2. The lowest BCUT2D eigenvalue weighted by molar-refractivity contribution is -0.137. The minimum atomic E-state index is -4.89. The Balaban J connectivity index is 2.20. The fourth-order valence-corrected chi connectivity index (χ4v) is 2.71. The van der Waals surface area contributed by atoms with Crippen molar-refractivity contribution in [1.29, 1.82) is 0 Å². The molecular weight excluding hydrogens is 350 g/mol. The molecule has 3 nitrogen and oxygen atoms in total. The van der Waals surface area contributed by atoms with Crippen LogP contribution in [0.3, 0.4) is 0 Å². The summed E-state index contributed by atoms with van der Waals surface area (Å²) in [5.41, 5.74) is -2.91. The molecule has 9 heteroatoms. The Morgan fingerprint density at radius 3 is 2.24 bits per heavy atom. The van der Waals surface area contributed by atoms with Crippen molar-refractivity contribution < 1.29 is 31.1 Å². The molecule has 140 valence electrons. The van der Waals surface area contributed by atoms with Crippen molar-refractivity contribution in [2.24, 2.45) is 5.92 Å². The van der Waals surface area contributed by atoms with Crippen LogP contribution in [0.5, 0.6) is 0 Å². The number of halogens is 6. The quantitative estimate of drug-likeness (QED) is 0.769. The summed E-state index contributed by atoms with van der Waals surface area (Å²) in [5, 5.41) is 5.34. The van der Waals surface area contributed by atoms with Gasteiger partial charge in [0.2, 0.25) is 5.91 Å². The third kappa shape index (κ3) is 5.35. The van der Waals surface area contributed by atoms with Gasteiger partial charge >= 0.3 is 12.1 Å². The van der Waals surface area contributed by atoms with Gasteiger partial charge in [-0.1, -0.05) is 0 Å². The van der Waals surface area contributed by atoms with Crippen LogP contribution >= 0.6 is 0 Å². The summed E-state index contributed by atoms with van der Waals surface area (Å²) in [4.78, 5) is 12.0. The standard InChI is InChI=1S/C16H18F6N2O/c17-9-15(18,19)11-6-12(16(20,21)22)8-13(7-11)24-14(25)5-10-1-3-23-4-2-10/h6-8,10,23H,1-5,9H2,(H,24,25). The minimum absolute atomic E-state index is 0.0822. The maximum absolute atomic E-state index is 13.5. The molecular formula is C16H18F6N2O. The van der Waals surface area contributed by atoms with E-state index in [1.165, 1.54) is 0 Å². The molecule has 0 saturated carbocycles. The van der Waals surface area contributed by atoms with E-state index in [2.05, 4.69) is 10.6 Å². The largest absolute Gasteiger partial charge is 0.416 e. The van der Waals surface area contributed by atoms with Crippen LogP contribution in [0, 0.1) is 5.92 Å². The molecule has 0 aromatic heterocycles. The van der Waals surface area contributed by atoms with Crippen molar-refractivity contribution in [3.63, 3.8) is 0 Å². The lowest BCUT2D eigenvalue weighted by Crippen LogP contribution is -2.30. The lowest BCUT2D eigenvalue weighted by Gasteiger charge is -2.22. The summed E-state index contributed by atoms with van der Waals surface area (Å²) >= 11 is 0. The Morgan fingerprint density at radius 2 is 1.68 bits per heavy atom. The summed E-state index contributed by atoms with van der Waals surface area (Å²) in [5.74, 6) is -4.53. The van der Waals surface area contributed by atoms with Crippen molar-refractivity contribution in [3.8, 4) is 0 Å². The van der Waals surface area contributed by atoms with Gasteiger partial charge in [0.1, 0.15) is 0 Å². The molecule has 0 unspecified atom stereocenters. The molecule has 0 spiro atoms. The highest BCUT2D eigenvalue weighted by Crippen LogP contribution is 2.37. The molecule has 0 bridgehead atoms. The molecule has 2 N–H and O–H groups in total. The van der Waals surface area contributed by atoms with Gasteiger partial charge in [-0.05, 0) is 50.0 Å². The second kappa shape index (κ2) is 7.63. The fraction of sp³-hybridized carbons (Fsp3) is 0.562. The van der Waals surface area contributed by atoms with Gasteiger partial charge in [0.25, 0.3) is 0 Å². The maximum atomic E-state index is 13.5. The van der Waals surface area contributed by atoms with Crippen LogP contribution in [0.4, 0.5) is 32.0 Å². The lowest BCUT2D eigenvalue weighted by atomic mass is 9.94. The van der Waals surface area contributed by atoms with Gasteiger partial charge in [-0.25, -0.2) is 4.39 Å². The minimum Gasteiger partial charge on any atom is -0.326 e. The fourth-order valence-electron chi connectivity index (χ4n) is 2.71. The van der Waals surface area contributed by atoms with E-state index in [0.717, 1.165) is 25.9 Å². The zero-order chi connectivity index (χ0) is 18.7. The first-order valence-corrected chi connectivity index (χ1v) is 7.79. The molecule has 1 fully saturated rings. The number of hydrogen-bond acceptors (Lipinski definition) is 2. The highest BCUT2D eigenvalue weighted by Gasteiger charge is 2.37. The predicted octanol–water partition coefficient (Wildman–Crippen LogP) is 4.09. The first-order chi connectivity index (χ1) is 11.6. The number of benzene rings is 1. The monoisotopic (exact) mass is 368 g/mol. The van der Waals surface area contributed by atoms with Crippen LogP contribution in [-0.4, -0.2) is 25.7 Å². The van der Waals surface area contributed by atoms with Crippen LogP contribution in [0.2, 0.25) is 0 Å². The SMILES string of the molecule is O=C(CC1CCNCC1)Nc1cc(C(F)(F)F)cc(C(F)(F)CF)c1. The van der Waals surface area contributed by atoms with E-state index in [1.54, 1.807) is 0 Å². The van der Waals surface area contributed by atoms with E-state index in [0.29, 0.717) is 12.1 Å². The number of rotatable bonds is 5. The Morgan fingerprint density at radius 1 is 1.08 bits per heavy atom. The zero-order valence-corrected chi connectivity index (χ0v) is 13.2. The molecule has 1 aliphatic heterocycles. The molecule has 0 atom stereocenters. The Kier molecular flexibility index (Phi) is 5.97. The van der Waals surface area contributed by atoms with E-state index in [1.807, 2.05) is 0 Å². The van der Waals surface area contributed by atoms with E-state index < -0.39 is 41.5 Å². The molecule has 1 amide bonds. The van der Waals surface area contributed by atoms with Gasteiger partial charge in [-0.15, -0.1) is 0 Å². The van der Waals surface area contributed by atoms with Crippen molar-refractivity contribution in [2.45, 2.75) is 31.4 Å². The van der Waals surface area contributed by atoms with E-state index in [-0.39, 0.29) is 18.4 Å². The number of amides is 1. The molecule has 1 heterocycles. The second-order valence-corrected chi connectivity index (χ2v) is 6.08. The molecule has 1 aromatic rings. The van der Waals surface area contributed by atoms with Gasteiger partial charge in [0.15, 0.2) is 6.67 Å². The maximum Gasteiger partial charge on any atom is 0.416 e. The summed E-state index contributed by atoms with van der Waals surface area (Å²) in [7, 11) is 0. The van der Waals surface area contributed by atoms with Crippen molar-refractivity contribution in [1.82, 2.24) is 5.32 Å². The Hall–Kier alpha value is -1.77. The average molecular weight is 368 g/mol. The van der Waals surface area contributed by atoms with Crippen LogP contribution in [-0.2, 0) is 16.9 Å². The summed E-state index contributed by atoms with van der Waals surface area (Å²) in [6, 6.07) is 1.44. The molecule has 0 aliphatic carbocycles. The van der Waals surface area contributed by atoms with Crippen molar-refractivity contribution >= 4 is 11.6 Å². The number of alkyl halides is 6. The number of anilines is 1. The van der Waals surface area contributed by atoms with Gasteiger partial charge in [-0.3, -0.25) is 4.79 Å². The van der Waals surface area contributed by atoms with E-state index in [9.17, 15) is 31.1 Å². The van der Waals surface area contributed by atoms with Crippen molar-refractivity contribution in [2.75, 3.05) is 25.1 Å².